The van der Waals surface area contributed by atoms with Crippen LogP contribution in [0.4, 0.5) is 0 Å². The van der Waals surface area contributed by atoms with E-state index in [1.807, 2.05) is 0 Å². The second kappa shape index (κ2) is 10.1. The molecule has 1 fully saturated rings. The SMILES string of the molecule is CC(=O)N[C@H]1[C@H](OCCCCCCN)O[C@H](CO)[C@H](O)[C@@H]1O. The van der Waals surface area contributed by atoms with Gasteiger partial charge < -0.3 is 35.8 Å². The van der Waals surface area contributed by atoms with Crippen LogP contribution in [0.3, 0.4) is 0 Å². The molecule has 0 spiro atoms. The lowest BCUT2D eigenvalue weighted by Gasteiger charge is -2.42. The van der Waals surface area contributed by atoms with Crippen LogP contribution in [-0.4, -0.2) is 71.6 Å². The third-order valence-electron chi connectivity index (χ3n) is 3.63. The predicted molar refractivity (Wildman–Crippen MR) is 78.8 cm³/mol. The van der Waals surface area contributed by atoms with Crippen LogP contribution in [0.25, 0.3) is 0 Å². The predicted octanol–water partition coefficient (Wildman–Crippen LogP) is -1.53. The molecule has 1 aliphatic heterocycles. The Hall–Kier alpha value is -0.770. The van der Waals surface area contributed by atoms with Crippen LogP contribution in [0, 0.1) is 0 Å². The smallest absolute Gasteiger partial charge is 0.217 e. The van der Waals surface area contributed by atoms with Gasteiger partial charge in [0, 0.05) is 13.5 Å². The number of aliphatic hydroxyl groups excluding tert-OH is 3. The molecule has 0 unspecified atom stereocenters. The molecule has 1 rings (SSSR count). The van der Waals surface area contributed by atoms with Crippen molar-refractivity contribution in [3.05, 3.63) is 0 Å². The molecular weight excluding hydrogens is 292 g/mol. The zero-order valence-electron chi connectivity index (χ0n) is 13.0. The van der Waals surface area contributed by atoms with Crippen molar-refractivity contribution in [1.29, 1.82) is 0 Å². The highest BCUT2D eigenvalue weighted by molar-refractivity contribution is 5.73. The molecule has 0 aliphatic carbocycles. The summed E-state index contributed by atoms with van der Waals surface area (Å²) < 4.78 is 11.0. The van der Waals surface area contributed by atoms with E-state index < -0.39 is 37.3 Å². The van der Waals surface area contributed by atoms with Gasteiger partial charge in [-0.25, -0.2) is 0 Å². The summed E-state index contributed by atoms with van der Waals surface area (Å²) in [5.41, 5.74) is 5.42. The highest BCUT2D eigenvalue weighted by atomic mass is 16.7. The van der Waals surface area contributed by atoms with E-state index in [2.05, 4.69) is 5.32 Å². The van der Waals surface area contributed by atoms with Gasteiger partial charge in [-0.1, -0.05) is 12.8 Å². The number of carbonyl (C=O) groups is 1. The molecular formula is C14H28N2O6. The minimum absolute atomic E-state index is 0.362. The number of amides is 1. The van der Waals surface area contributed by atoms with Gasteiger partial charge in [0.25, 0.3) is 0 Å². The number of nitrogens with one attached hydrogen (secondary N) is 1. The first-order chi connectivity index (χ1) is 10.5. The van der Waals surface area contributed by atoms with Crippen molar-refractivity contribution in [3.8, 4) is 0 Å². The number of nitrogens with two attached hydrogens (primary N) is 1. The maximum absolute atomic E-state index is 11.2. The van der Waals surface area contributed by atoms with Crippen molar-refractivity contribution in [2.24, 2.45) is 5.73 Å². The fourth-order valence-electron chi connectivity index (χ4n) is 2.41. The molecule has 0 saturated carbocycles. The first kappa shape index (κ1) is 19.3. The number of unbranched alkanes of at least 4 members (excludes halogenated alkanes) is 3. The summed E-state index contributed by atoms with van der Waals surface area (Å²) in [6, 6.07) is -0.876. The first-order valence-corrected chi connectivity index (χ1v) is 7.72. The molecule has 0 aromatic heterocycles. The molecule has 1 heterocycles. The van der Waals surface area contributed by atoms with Crippen LogP contribution < -0.4 is 11.1 Å². The second-order valence-electron chi connectivity index (χ2n) is 5.51. The largest absolute Gasteiger partial charge is 0.394 e. The van der Waals surface area contributed by atoms with E-state index in [0.717, 1.165) is 25.7 Å². The first-order valence-electron chi connectivity index (χ1n) is 7.72. The number of aliphatic hydroxyl groups is 3. The molecule has 0 aromatic rings. The Morgan fingerprint density at radius 3 is 2.50 bits per heavy atom. The Balaban J connectivity index is 2.52. The van der Waals surface area contributed by atoms with Crippen molar-refractivity contribution in [2.45, 2.75) is 63.3 Å². The molecule has 6 N–H and O–H groups in total. The number of rotatable bonds is 9. The highest BCUT2D eigenvalue weighted by Gasteiger charge is 2.45. The summed E-state index contributed by atoms with van der Waals surface area (Å²) >= 11 is 0. The summed E-state index contributed by atoms with van der Waals surface area (Å²) in [4.78, 5) is 11.2. The Bertz CT molecular complexity index is 330. The molecule has 1 amide bonds. The number of ether oxygens (including phenoxy) is 2. The van der Waals surface area contributed by atoms with Crippen molar-refractivity contribution in [2.75, 3.05) is 19.8 Å². The van der Waals surface area contributed by atoms with Gasteiger partial charge in [-0.15, -0.1) is 0 Å². The van der Waals surface area contributed by atoms with Crippen LogP contribution in [0.1, 0.15) is 32.6 Å². The van der Waals surface area contributed by atoms with E-state index in [4.69, 9.17) is 15.2 Å². The molecule has 1 aliphatic rings. The van der Waals surface area contributed by atoms with E-state index in [1.165, 1.54) is 6.92 Å². The third-order valence-corrected chi connectivity index (χ3v) is 3.63. The topological polar surface area (TPSA) is 134 Å². The van der Waals surface area contributed by atoms with E-state index in [-0.39, 0.29) is 5.91 Å². The molecule has 0 bridgehead atoms. The van der Waals surface area contributed by atoms with E-state index >= 15 is 0 Å². The normalized spacial score (nSPS) is 32.0. The fraction of sp³-hybridized carbons (Fsp3) is 0.929. The van der Waals surface area contributed by atoms with Gasteiger partial charge in [-0.05, 0) is 19.4 Å². The van der Waals surface area contributed by atoms with Gasteiger partial charge in [0.1, 0.15) is 24.4 Å². The summed E-state index contributed by atoms with van der Waals surface area (Å²) in [6.07, 6.45) is -0.662. The summed E-state index contributed by atoms with van der Waals surface area (Å²) in [5, 5.41) is 31.6. The average molecular weight is 320 g/mol. The summed E-state index contributed by atoms with van der Waals surface area (Å²) in [7, 11) is 0. The third kappa shape index (κ3) is 5.79. The molecule has 1 saturated heterocycles. The molecule has 8 nitrogen and oxygen atoms in total. The fourth-order valence-corrected chi connectivity index (χ4v) is 2.41. The van der Waals surface area contributed by atoms with Gasteiger partial charge >= 0.3 is 0 Å². The lowest BCUT2D eigenvalue weighted by atomic mass is 9.97. The highest BCUT2D eigenvalue weighted by Crippen LogP contribution is 2.22. The number of hydrogen-bond acceptors (Lipinski definition) is 7. The molecule has 5 atom stereocenters. The van der Waals surface area contributed by atoms with Crippen LogP contribution >= 0.6 is 0 Å². The summed E-state index contributed by atoms with van der Waals surface area (Å²) in [6.45, 7) is 1.92. The number of hydrogen-bond donors (Lipinski definition) is 5. The van der Waals surface area contributed by atoms with Crippen LogP contribution in [0.2, 0.25) is 0 Å². The minimum Gasteiger partial charge on any atom is -0.394 e. The Labute approximate surface area is 130 Å². The maximum atomic E-state index is 11.2. The van der Waals surface area contributed by atoms with E-state index in [9.17, 15) is 20.1 Å². The zero-order chi connectivity index (χ0) is 16.5. The molecule has 130 valence electrons. The van der Waals surface area contributed by atoms with Crippen molar-refractivity contribution in [3.63, 3.8) is 0 Å². The van der Waals surface area contributed by atoms with E-state index in [0.29, 0.717) is 13.2 Å². The quantitative estimate of drug-likeness (QED) is 0.325. The minimum atomic E-state index is -1.29. The van der Waals surface area contributed by atoms with Crippen molar-refractivity contribution < 1.29 is 29.6 Å². The van der Waals surface area contributed by atoms with Gasteiger partial charge in [-0.3, -0.25) is 4.79 Å². The molecule has 8 heteroatoms. The van der Waals surface area contributed by atoms with Crippen LogP contribution in [-0.2, 0) is 14.3 Å². The van der Waals surface area contributed by atoms with Crippen LogP contribution in [0.15, 0.2) is 0 Å². The molecule has 0 aromatic carbocycles. The van der Waals surface area contributed by atoms with Crippen LogP contribution in [0.5, 0.6) is 0 Å². The lowest BCUT2D eigenvalue weighted by Crippen LogP contribution is -2.64. The van der Waals surface area contributed by atoms with Gasteiger partial charge in [-0.2, -0.15) is 0 Å². The Morgan fingerprint density at radius 1 is 1.23 bits per heavy atom. The standard InChI is InChI=1S/C14H28N2O6/c1-9(18)16-11-13(20)12(19)10(8-17)22-14(11)21-7-5-3-2-4-6-15/h10-14,17,19-20H,2-8,15H2,1H3,(H,16,18)/t10-,11-,12+,13-,14-/m1/s1. The zero-order valence-corrected chi connectivity index (χ0v) is 13.0. The van der Waals surface area contributed by atoms with Crippen molar-refractivity contribution >= 4 is 5.91 Å². The van der Waals surface area contributed by atoms with Gasteiger partial charge in [0.15, 0.2) is 6.29 Å². The van der Waals surface area contributed by atoms with Crippen molar-refractivity contribution in [1.82, 2.24) is 5.32 Å². The second-order valence-corrected chi connectivity index (χ2v) is 5.51. The number of carbonyl (C=O) groups excluding carboxylic acids is 1. The molecule has 22 heavy (non-hydrogen) atoms. The van der Waals surface area contributed by atoms with Gasteiger partial charge in [0.2, 0.25) is 5.91 Å². The van der Waals surface area contributed by atoms with Gasteiger partial charge in [0.05, 0.1) is 6.61 Å². The summed E-state index contributed by atoms with van der Waals surface area (Å²) in [5.74, 6) is -0.362. The Morgan fingerprint density at radius 2 is 1.91 bits per heavy atom. The van der Waals surface area contributed by atoms with E-state index in [1.54, 1.807) is 0 Å². The maximum Gasteiger partial charge on any atom is 0.217 e. The molecule has 0 radical (unpaired) electrons. The average Bonchev–Trinajstić information content (AvgIpc) is 2.49. The Kier molecular flexibility index (Phi) is 8.84. The monoisotopic (exact) mass is 320 g/mol. The lowest BCUT2D eigenvalue weighted by molar-refractivity contribution is -0.270.